The van der Waals surface area contributed by atoms with Crippen molar-refractivity contribution in [2.24, 2.45) is 5.92 Å². The number of halogens is 2. The Bertz CT molecular complexity index is 979. The maximum atomic E-state index is 13.6. The molecule has 0 amide bonds. The van der Waals surface area contributed by atoms with Crippen molar-refractivity contribution in [1.29, 1.82) is 0 Å². The fourth-order valence-corrected chi connectivity index (χ4v) is 3.94. The number of nitrogens with one attached hydrogen (secondary N) is 2. The molecule has 1 aromatic carbocycles. The van der Waals surface area contributed by atoms with Gasteiger partial charge >= 0.3 is 0 Å². The van der Waals surface area contributed by atoms with Crippen LogP contribution in [0.25, 0.3) is 22.6 Å². The zero-order chi connectivity index (χ0) is 20.4. The van der Waals surface area contributed by atoms with Gasteiger partial charge in [0.15, 0.2) is 11.6 Å². The molecule has 0 saturated carbocycles. The van der Waals surface area contributed by atoms with E-state index in [0.29, 0.717) is 23.0 Å². The monoisotopic (exact) mass is 397 g/mol. The molecule has 5 nitrogen and oxygen atoms in total. The Hall–Kier alpha value is -2.64. The number of piperazine rings is 1. The number of benzene rings is 1. The van der Waals surface area contributed by atoms with Gasteiger partial charge in [-0.05, 0) is 36.2 Å². The number of nitrogens with zero attached hydrogens (tertiary/aromatic N) is 3. The van der Waals surface area contributed by atoms with E-state index in [2.05, 4.69) is 45.1 Å². The van der Waals surface area contributed by atoms with Crippen molar-refractivity contribution in [2.45, 2.75) is 19.9 Å². The van der Waals surface area contributed by atoms with Crippen LogP contribution in [0.4, 0.5) is 8.78 Å². The number of H-pyrrole nitrogens is 1. The van der Waals surface area contributed by atoms with Crippen LogP contribution in [-0.2, 0) is 0 Å². The molecular formula is C22H25F2N5. The third kappa shape index (κ3) is 4.21. The third-order valence-electron chi connectivity index (χ3n) is 5.33. The SMILES string of the molecule is CC(C)C(c1cc(-c2nc(-c3ccc(F)c(F)c3)c[nH]2)ccn1)N1CCNCC1. The van der Waals surface area contributed by atoms with Gasteiger partial charge in [0, 0.05) is 49.7 Å². The zero-order valence-electron chi connectivity index (χ0n) is 16.6. The predicted octanol–water partition coefficient (Wildman–Crippen LogP) is 4.02. The van der Waals surface area contributed by atoms with Gasteiger partial charge in [-0.3, -0.25) is 9.88 Å². The van der Waals surface area contributed by atoms with E-state index in [-0.39, 0.29) is 6.04 Å². The summed E-state index contributed by atoms with van der Waals surface area (Å²) in [5, 5.41) is 3.40. The Labute approximate surface area is 169 Å². The second kappa shape index (κ2) is 8.39. The van der Waals surface area contributed by atoms with E-state index in [1.807, 2.05) is 12.3 Å². The molecule has 0 radical (unpaired) electrons. The molecule has 0 aliphatic carbocycles. The number of rotatable bonds is 5. The molecule has 1 aliphatic rings. The van der Waals surface area contributed by atoms with E-state index in [4.69, 9.17) is 0 Å². The van der Waals surface area contributed by atoms with E-state index in [0.717, 1.165) is 49.6 Å². The lowest BCUT2D eigenvalue weighted by atomic mass is 9.96. The third-order valence-corrected chi connectivity index (χ3v) is 5.33. The van der Waals surface area contributed by atoms with Crippen molar-refractivity contribution in [3.8, 4) is 22.6 Å². The zero-order valence-corrected chi connectivity index (χ0v) is 16.6. The minimum Gasteiger partial charge on any atom is -0.344 e. The summed E-state index contributed by atoms with van der Waals surface area (Å²) in [4.78, 5) is 14.9. The Morgan fingerprint density at radius 1 is 1.00 bits per heavy atom. The first kappa shape index (κ1) is 19.7. The van der Waals surface area contributed by atoms with E-state index in [9.17, 15) is 8.78 Å². The highest BCUT2D eigenvalue weighted by atomic mass is 19.2. The van der Waals surface area contributed by atoms with Crippen LogP contribution in [0.1, 0.15) is 25.6 Å². The molecule has 3 heterocycles. The van der Waals surface area contributed by atoms with Crippen LogP contribution in [-0.4, -0.2) is 46.0 Å². The Morgan fingerprint density at radius 2 is 1.79 bits per heavy atom. The predicted molar refractivity (Wildman–Crippen MR) is 109 cm³/mol. The molecule has 1 atom stereocenters. The van der Waals surface area contributed by atoms with Crippen LogP contribution in [0.15, 0.2) is 42.7 Å². The second-order valence-corrected chi connectivity index (χ2v) is 7.71. The van der Waals surface area contributed by atoms with Gasteiger partial charge in [0.25, 0.3) is 0 Å². The number of imidazole rings is 1. The molecule has 2 aromatic heterocycles. The van der Waals surface area contributed by atoms with Crippen molar-refractivity contribution >= 4 is 0 Å². The van der Waals surface area contributed by atoms with Crippen molar-refractivity contribution in [2.75, 3.05) is 26.2 Å². The average Bonchev–Trinajstić information content (AvgIpc) is 3.21. The molecule has 7 heteroatoms. The summed E-state index contributed by atoms with van der Waals surface area (Å²) < 4.78 is 26.8. The fourth-order valence-electron chi connectivity index (χ4n) is 3.94. The summed E-state index contributed by atoms with van der Waals surface area (Å²) in [6.07, 6.45) is 3.51. The summed E-state index contributed by atoms with van der Waals surface area (Å²) in [6, 6.07) is 8.01. The molecule has 4 rings (SSSR count). The maximum Gasteiger partial charge on any atom is 0.159 e. The van der Waals surface area contributed by atoms with Gasteiger partial charge < -0.3 is 10.3 Å². The quantitative estimate of drug-likeness (QED) is 0.683. The number of aromatic amines is 1. The molecule has 1 unspecified atom stereocenters. The van der Waals surface area contributed by atoms with Crippen molar-refractivity contribution in [1.82, 2.24) is 25.2 Å². The van der Waals surface area contributed by atoms with E-state index in [1.54, 1.807) is 6.20 Å². The van der Waals surface area contributed by atoms with Crippen LogP contribution in [0, 0.1) is 17.6 Å². The topological polar surface area (TPSA) is 56.8 Å². The van der Waals surface area contributed by atoms with Gasteiger partial charge in [0.1, 0.15) is 5.82 Å². The number of pyridine rings is 1. The van der Waals surface area contributed by atoms with Crippen LogP contribution < -0.4 is 5.32 Å². The molecule has 1 aliphatic heterocycles. The highest BCUT2D eigenvalue weighted by molar-refractivity contribution is 5.64. The molecular weight excluding hydrogens is 372 g/mol. The lowest BCUT2D eigenvalue weighted by molar-refractivity contribution is 0.134. The Balaban J connectivity index is 1.63. The Morgan fingerprint density at radius 3 is 2.52 bits per heavy atom. The van der Waals surface area contributed by atoms with Crippen LogP contribution >= 0.6 is 0 Å². The molecule has 0 spiro atoms. The van der Waals surface area contributed by atoms with Gasteiger partial charge in [0.05, 0.1) is 17.4 Å². The molecule has 1 saturated heterocycles. The average molecular weight is 397 g/mol. The first-order valence-corrected chi connectivity index (χ1v) is 9.95. The highest BCUT2D eigenvalue weighted by Gasteiger charge is 2.26. The Kier molecular flexibility index (Phi) is 5.69. The number of hydrogen-bond acceptors (Lipinski definition) is 4. The van der Waals surface area contributed by atoms with E-state index < -0.39 is 11.6 Å². The number of hydrogen-bond donors (Lipinski definition) is 2. The number of aromatic nitrogens is 3. The minimum atomic E-state index is -0.881. The summed E-state index contributed by atoms with van der Waals surface area (Å²) in [7, 11) is 0. The molecule has 152 valence electrons. The molecule has 3 aromatic rings. The van der Waals surface area contributed by atoms with E-state index >= 15 is 0 Å². The standard InChI is InChI=1S/C22H25F2N5/c1-14(2)21(29-9-7-25-8-10-29)19-12-16(5-6-26-19)22-27-13-20(28-22)15-3-4-17(23)18(24)11-15/h3-6,11-14,21,25H,7-10H2,1-2H3,(H,27,28). The lowest BCUT2D eigenvalue weighted by Gasteiger charge is -2.37. The summed E-state index contributed by atoms with van der Waals surface area (Å²) >= 11 is 0. The normalized spacial score (nSPS) is 16.3. The van der Waals surface area contributed by atoms with Crippen molar-refractivity contribution < 1.29 is 8.78 Å². The first-order chi connectivity index (χ1) is 14.0. The molecule has 29 heavy (non-hydrogen) atoms. The van der Waals surface area contributed by atoms with Crippen molar-refractivity contribution in [3.05, 3.63) is 60.1 Å². The lowest BCUT2D eigenvalue weighted by Crippen LogP contribution is -2.46. The van der Waals surface area contributed by atoms with Gasteiger partial charge in [-0.1, -0.05) is 13.8 Å². The van der Waals surface area contributed by atoms with Crippen molar-refractivity contribution in [3.63, 3.8) is 0 Å². The van der Waals surface area contributed by atoms with E-state index in [1.165, 1.54) is 6.07 Å². The van der Waals surface area contributed by atoms with Gasteiger partial charge in [-0.2, -0.15) is 0 Å². The molecule has 1 fully saturated rings. The molecule has 2 N–H and O–H groups in total. The first-order valence-electron chi connectivity index (χ1n) is 9.95. The van der Waals surface area contributed by atoms with Crippen LogP contribution in [0.3, 0.4) is 0 Å². The fraction of sp³-hybridized carbons (Fsp3) is 0.364. The maximum absolute atomic E-state index is 13.6. The van der Waals surface area contributed by atoms with Gasteiger partial charge in [-0.15, -0.1) is 0 Å². The van der Waals surface area contributed by atoms with Gasteiger partial charge in [0.2, 0.25) is 0 Å². The summed E-state index contributed by atoms with van der Waals surface area (Å²) in [5.74, 6) is -0.647. The van der Waals surface area contributed by atoms with Gasteiger partial charge in [-0.25, -0.2) is 13.8 Å². The van der Waals surface area contributed by atoms with Crippen LogP contribution in [0.2, 0.25) is 0 Å². The highest BCUT2D eigenvalue weighted by Crippen LogP contribution is 2.30. The second-order valence-electron chi connectivity index (χ2n) is 7.71. The van der Waals surface area contributed by atoms with Crippen LogP contribution in [0.5, 0.6) is 0 Å². The summed E-state index contributed by atoms with van der Waals surface area (Å²) in [5.41, 5.74) is 3.04. The smallest absolute Gasteiger partial charge is 0.159 e. The molecule has 0 bridgehead atoms. The summed E-state index contributed by atoms with van der Waals surface area (Å²) in [6.45, 7) is 8.40. The minimum absolute atomic E-state index is 0.234. The largest absolute Gasteiger partial charge is 0.344 e.